The molecule has 1 saturated heterocycles. The van der Waals surface area contributed by atoms with Gasteiger partial charge < -0.3 is 13.8 Å². The summed E-state index contributed by atoms with van der Waals surface area (Å²) in [5.41, 5.74) is 0.468. The lowest BCUT2D eigenvalue weighted by Gasteiger charge is -2.30. The zero-order chi connectivity index (χ0) is 20.6. The molecule has 29 heavy (non-hydrogen) atoms. The van der Waals surface area contributed by atoms with E-state index in [0.29, 0.717) is 36.1 Å². The van der Waals surface area contributed by atoms with Crippen LogP contribution in [0.4, 0.5) is 4.39 Å². The number of likely N-dealkylation sites (tertiary alicyclic amines) is 1. The first-order valence-electron chi connectivity index (χ1n) is 9.66. The predicted molar refractivity (Wildman–Crippen MR) is 103 cm³/mol. The fourth-order valence-electron chi connectivity index (χ4n) is 3.34. The molecule has 0 aliphatic carbocycles. The Labute approximate surface area is 167 Å². The van der Waals surface area contributed by atoms with Crippen LogP contribution in [0.25, 0.3) is 11.4 Å². The molecule has 0 N–H and O–H groups in total. The number of nitrogens with zero attached hydrogens (tertiary/aromatic N) is 4. The van der Waals surface area contributed by atoms with E-state index in [1.54, 1.807) is 23.2 Å². The summed E-state index contributed by atoms with van der Waals surface area (Å²) in [5, 5.41) is 4.01. The maximum atomic E-state index is 13.1. The standard InChI is InChI=1S/C21H23FN4O3/c1-21(2,3)16-11-23-19(28-16)20(27)26-10-4-5-14(12-26)18-24-17(25-29-18)13-6-8-15(22)9-7-13/h6-9,11,14H,4-5,10,12H2,1-3H3/t14-/m0/s1. The Kier molecular flexibility index (Phi) is 4.94. The van der Waals surface area contributed by atoms with Gasteiger partial charge in [0.25, 0.3) is 5.89 Å². The van der Waals surface area contributed by atoms with E-state index in [0.717, 1.165) is 12.8 Å². The summed E-state index contributed by atoms with van der Waals surface area (Å²) >= 11 is 0. The summed E-state index contributed by atoms with van der Waals surface area (Å²) in [7, 11) is 0. The molecule has 0 saturated carbocycles. The van der Waals surface area contributed by atoms with Crippen LogP contribution in [0.15, 0.2) is 39.4 Å². The Hall–Kier alpha value is -3.03. The van der Waals surface area contributed by atoms with Crippen LogP contribution in [0.5, 0.6) is 0 Å². The molecule has 0 unspecified atom stereocenters. The fourth-order valence-corrected chi connectivity index (χ4v) is 3.34. The van der Waals surface area contributed by atoms with Gasteiger partial charge in [-0.1, -0.05) is 25.9 Å². The Morgan fingerprint density at radius 2 is 2.00 bits per heavy atom. The molecular weight excluding hydrogens is 375 g/mol. The second-order valence-electron chi connectivity index (χ2n) is 8.33. The number of amides is 1. The molecule has 1 aliphatic heterocycles. The van der Waals surface area contributed by atoms with Gasteiger partial charge >= 0.3 is 5.91 Å². The molecule has 1 amide bonds. The number of aromatic nitrogens is 3. The third-order valence-corrected chi connectivity index (χ3v) is 5.03. The molecule has 7 nitrogen and oxygen atoms in total. The fraction of sp³-hybridized carbons (Fsp3) is 0.429. The Balaban J connectivity index is 1.48. The summed E-state index contributed by atoms with van der Waals surface area (Å²) in [6, 6.07) is 5.93. The van der Waals surface area contributed by atoms with Crippen molar-refractivity contribution in [1.82, 2.24) is 20.0 Å². The highest BCUT2D eigenvalue weighted by atomic mass is 19.1. The maximum absolute atomic E-state index is 13.1. The van der Waals surface area contributed by atoms with E-state index >= 15 is 0 Å². The highest BCUT2D eigenvalue weighted by Gasteiger charge is 2.32. The topological polar surface area (TPSA) is 85.3 Å². The molecule has 152 valence electrons. The Bertz CT molecular complexity index is 1000. The lowest BCUT2D eigenvalue weighted by molar-refractivity contribution is 0.0652. The minimum Gasteiger partial charge on any atom is -0.437 e. The van der Waals surface area contributed by atoms with Crippen LogP contribution in [0.3, 0.4) is 0 Å². The first-order valence-corrected chi connectivity index (χ1v) is 9.66. The number of piperidine rings is 1. The van der Waals surface area contributed by atoms with E-state index < -0.39 is 0 Å². The average Bonchev–Trinajstić information content (AvgIpc) is 3.38. The van der Waals surface area contributed by atoms with Crippen LogP contribution >= 0.6 is 0 Å². The highest BCUT2D eigenvalue weighted by molar-refractivity contribution is 5.89. The van der Waals surface area contributed by atoms with Crippen LogP contribution < -0.4 is 0 Å². The number of halogens is 1. The molecule has 0 spiro atoms. The molecular formula is C21H23FN4O3. The zero-order valence-corrected chi connectivity index (χ0v) is 16.7. The predicted octanol–water partition coefficient (Wildman–Crippen LogP) is 4.18. The van der Waals surface area contributed by atoms with Crippen molar-refractivity contribution in [1.29, 1.82) is 0 Å². The summed E-state index contributed by atoms with van der Waals surface area (Å²) in [6.07, 6.45) is 3.27. The van der Waals surface area contributed by atoms with Crippen molar-refractivity contribution in [3.05, 3.63) is 53.8 Å². The van der Waals surface area contributed by atoms with E-state index in [2.05, 4.69) is 15.1 Å². The number of carbonyl (C=O) groups is 1. The lowest BCUT2D eigenvalue weighted by atomic mass is 9.94. The van der Waals surface area contributed by atoms with Crippen molar-refractivity contribution in [3.63, 3.8) is 0 Å². The van der Waals surface area contributed by atoms with Gasteiger partial charge in [0, 0.05) is 24.1 Å². The van der Waals surface area contributed by atoms with Crippen LogP contribution in [0.1, 0.15) is 61.9 Å². The van der Waals surface area contributed by atoms with Crippen molar-refractivity contribution in [3.8, 4) is 11.4 Å². The molecule has 1 aromatic carbocycles. The van der Waals surface area contributed by atoms with Gasteiger partial charge in [0.15, 0.2) is 0 Å². The van der Waals surface area contributed by atoms with E-state index in [1.807, 2.05) is 20.8 Å². The highest BCUT2D eigenvalue weighted by Crippen LogP contribution is 2.29. The van der Waals surface area contributed by atoms with Gasteiger partial charge in [0.05, 0.1) is 12.1 Å². The van der Waals surface area contributed by atoms with Gasteiger partial charge in [-0.25, -0.2) is 9.37 Å². The van der Waals surface area contributed by atoms with E-state index in [9.17, 15) is 9.18 Å². The maximum Gasteiger partial charge on any atom is 0.309 e. The molecule has 1 atom stereocenters. The van der Waals surface area contributed by atoms with Crippen molar-refractivity contribution in [2.24, 2.45) is 0 Å². The minimum atomic E-state index is -0.319. The van der Waals surface area contributed by atoms with Gasteiger partial charge in [-0.2, -0.15) is 4.98 Å². The summed E-state index contributed by atoms with van der Waals surface area (Å²) in [4.78, 5) is 23.2. The Morgan fingerprint density at radius 1 is 1.24 bits per heavy atom. The monoisotopic (exact) mass is 398 g/mol. The molecule has 3 heterocycles. The van der Waals surface area contributed by atoms with E-state index in [4.69, 9.17) is 8.94 Å². The summed E-state index contributed by atoms with van der Waals surface area (Å²) < 4.78 is 24.2. The van der Waals surface area contributed by atoms with Crippen molar-refractivity contribution < 1.29 is 18.1 Å². The number of oxazole rings is 1. The third kappa shape index (κ3) is 4.06. The summed E-state index contributed by atoms with van der Waals surface area (Å²) in [6.45, 7) is 7.10. The SMILES string of the molecule is CC(C)(C)c1cnc(C(=O)N2CCC[C@H](c3nc(-c4ccc(F)cc4)no3)C2)o1. The molecule has 0 bridgehead atoms. The lowest BCUT2D eigenvalue weighted by Crippen LogP contribution is -2.39. The third-order valence-electron chi connectivity index (χ3n) is 5.03. The number of carbonyl (C=O) groups excluding carboxylic acids is 1. The molecule has 1 aliphatic rings. The minimum absolute atomic E-state index is 0.0635. The number of hydrogen-bond donors (Lipinski definition) is 0. The van der Waals surface area contributed by atoms with Crippen LogP contribution in [0, 0.1) is 5.82 Å². The normalized spacial score (nSPS) is 17.5. The first kappa shape index (κ1) is 19.3. The molecule has 4 rings (SSSR count). The zero-order valence-electron chi connectivity index (χ0n) is 16.7. The molecule has 8 heteroatoms. The van der Waals surface area contributed by atoms with Crippen LogP contribution in [0.2, 0.25) is 0 Å². The number of benzene rings is 1. The second-order valence-corrected chi connectivity index (χ2v) is 8.33. The number of hydrogen-bond acceptors (Lipinski definition) is 6. The molecule has 3 aromatic rings. The largest absolute Gasteiger partial charge is 0.437 e. The average molecular weight is 398 g/mol. The van der Waals surface area contributed by atoms with Crippen molar-refractivity contribution in [2.75, 3.05) is 13.1 Å². The van der Waals surface area contributed by atoms with Gasteiger partial charge in [-0.05, 0) is 37.1 Å². The van der Waals surface area contributed by atoms with Crippen LogP contribution in [-0.2, 0) is 5.41 Å². The second kappa shape index (κ2) is 7.42. The van der Waals surface area contributed by atoms with Crippen LogP contribution in [-0.4, -0.2) is 39.0 Å². The Morgan fingerprint density at radius 3 is 2.69 bits per heavy atom. The van der Waals surface area contributed by atoms with Crippen molar-refractivity contribution in [2.45, 2.75) is 44.9 Å². The molecule has 2 aromatic heterocycles. The molecule has 1 fully saturated rings. The number of rotatable bonds is 3. The van der Waals surface area contributed by atoms with Crippen molar-refractivity contribution >= 4 is 5.91 Å². The van der Waals surface area contributed by atoms with Gasteiger partial charge in [-0.15, -0.1) is 0 Å². The van der Waals surface area contributed by atoms with Gasteiger partial charge in [-0.3, -0.25) is 4.79 Å². The molecule has 0 radical (unpaired) electrons. The smallest absolute Gasteiger partial charge is 0.309 e. The van der Waals surface area contributed by atoms with E-state index in [-0.39, 0.29) is 28.9 Å². The van der Waals surface area contributed by atoms with E-state index in [1.165, 1.54) is 12.1 Å². The first-order chi connectivity index (χ1) is 13.8. The van der Waals surface area contributed by atoms with Gasteiger partial charge in [0.1, 0.15) is 11.6 Å². The van der Waals surface area contributed by atoms with Gasteiger partial charge in [0.2, 0.25) is 11.7 Å². The summed E-state index contributed by atoms with van der Waals surface area (Å²) in [5.74, 6) is 1.05. The quantitative estimate of drug-likeness (QED) is 0.658.